The first kappa shape index (κ1) is 14.5. The van der Waals surface area contributed by atoms with Crippen molar-refractivity contribution >= 4 is 5.69 Å². The lowest BCUT2D eigenvalue weighted by Crippen LogP contribution is -2.28. The van der Waals surface area contributed by atoms with Crippen LogP contribution in [-0.2, 0) is 6.54 Å². The summed E-state index contributed by atoms with van der Waals surface area (Å²) in [5, 5.41) is 4.48. The molecule has 0 saturated heterocycles. The number of nitrogens with zero attached hydrogens (tertiary/aromatic N) is 5. The van der Waals surface area contributed by atoms with Crippen LogP contribution < -0.4 is 4.90 Å². The van der Waals surface area contributed by atoms with E-state index in [4.69, 9.17) is 0 Å². The normalized spacial score (nSPS) is 12.7. The minimum absolute atomic E-state index is 0.397. The smallest absolute Gasteiger partial charge is 0.152 e. The van der Waals surface area contributed by atoms with Gasteiger partial charge < -0.3 is 4.90 Å². The van der Waals surface area contributed by atoms with Crippen LogP contribution in [0, 0.1) is 6.92 Å². The molecular formula is C15H23N5. The van der Waals surface area contributed by atoms with Crippen molar-refractivity contribution in [2.75, 3.05) is 11.9 Å². The molecular weight excluding hydrogens is 250 g/mol. The average Bonchev–Trinajstić information content (AvgIpc) is 2.81. The fraction of sp³-hybridized carbons (Fsp3) is 0.533. The van der Waals surface area contributed by atoms with E-state index in [-0.39, 0.29) is 0 Å². The molecule has 3 heterocycles. The van der Waals surface area contributed by atoms with Crippen molar-refractivity contribution < 1.29 is 0 Å². The standard InChI is InChI=1S/C13H17N5.C2H6/c1-8(2)12-13-10(5-6-14-12)18-11(7-17(13)4)15-9(3)16-18;1-2/h5-6,8H,7H2,1-4H3;1-2H3. The van der Waals surface area contributed by atoms with Crippen molar-refractivity contribution in [3.63, 3.8) is 0 Å². The van der Waals surface area contributed by atoms with Gasteiger partial charge >= 0.3 is 0 Å². The minimum atomic E-state index is 0.397. The molecule has 2 aromatic heterocycles. The summed E-state index contributed by atoms with van der Waals surface area (Å²) in [5.74, 6) is 2.20. The molecule has 5 heteroatoms. The summed E-state index contributed by atoms with van der Waals surface area (Å²) in [5.41, 5.74) is 3.37. The van der Waals surface area contributed by atoms with Crippen LogP contribution in [0.25, 0.3) is 5.69 Å². The van der Waals surface area contributed by atoms with Gasteiger partial charge in [-0.05, 0) is 18.9 Å². The van der Waals surface area contributed by atoms with E-state index in [0.717, 1.165) is 29.6 Å². The highest BCUT2D eigenvalue weighted by Crippen LogP contribution is 2.35. The van der Waals surface area contributed by atoms with Gasteiger partial charge in [0.1, 0.15) is 5.82 Å². The van der Waals surface area contributed by atoms with Crippen molar-refractivity contribution in [1.29, 1.82) is 0 Å². The summed E-state index contributed by atoms with van der Waals surface area (Å²) in [7, 11) is 2.08. The molecule has 0 amide bonds. The van der Waals surface area contributed by atoms with E-state index in [1.165, 1.54) is 5.69 Å². The van der Waals surface area contributed by atoms with Gasteiger partial charge in [0.25, 0.3) is 0 Å². The highest BCUT2D eigenvalue weighted by Gasteiger charge is 2.26. The van der Waals surface area contributed by atoms with Gasteiger partial charge in [-0.15, -0.1) is 0 Å². The van der Waals surface area contributed by atoms with Crippen molar-refractivity contribution in [2.24, 2.45) is 0 Å². The zero-order chi connectivity index (χ0) is 14.9. The van der Waals surface area contributed by atoms with Gasteiger partial charge in [0.05, 0.1) is 23.6 Å². The van der Waals surface area contributed by atoms with Crippen molar-refractivity contribution in [3.8, 4) is 5.69 Å². The molecule has 0 aliphatic carbocycles. The Morgan fingerprint density at radius 1 is 1.25 bits per heavy atom. The molecule has 2 aromatic rings. The largest absolute Gasteiger partial charge is 0.364 e. The maximum absolute atomic E-state index is 4.52. The third-order valence-corrected chi connectivity index (χ3v) is 3.25. The van der Waals surface area contributed by atoms with Crippen molar-refractivity contribution in [3.05, 3.63) is 29.6 Å². The summed E-state index contributed by atoms with van der Waals surface area (Å²) >= 11 is 0. The number of anilines is 1. The maximum Gasteiger partial charge on any atom is 0.152 e. The van der Waals surface area contributed by atoms with Crippen LogP contribution >= 0.6 is 0 Å². The number of hydrogen-bond donors (Lipinski definition) is 0. The van der Waals surface area contributed by atoms with E-state index in [1.807, 2.05) is 37.7 Å². The molecule has 20 heavy (non-hydrogen) atoms. The molecule has 0 spiro atoms. The Balaban J connectivity index is 0.000000704. The minimum Gasteiger partial charge on any atom is -0.364 e. The van der Waals surface area contributed by atoms with Crippen LogP contribution in [0.3, 0.4) is 0 Å². The van der Waals surface area contributed by atoms with Crippen LogP contribution in [0.15, 0.2) is 12.3 Å². The highest BCUT2D eigenvalue weighted by molar-refractivity contribution is 5.67. The van der Waals surface area contributed by atoms with E-state index < -0.39 is 0 Å². The second kappa shape index (κ2) is 5.61. The lowest BCUT2D eigenvalue weighted by molar-refractivity contribution is 0.702. The number of pyridine rings is 1. The van der Waals surface area contributed by atoms with Crippen molar-refractivity contribution in [2.45, 2.75) is 47.1 Å². The highest BCUT2D eigenvalue weighted by atomic mass is 15.4. The molecule has 0 unspecified atom stereocenters. The zero-order valence-electron chi connectivity index (χ0n) is 13.2. The first-order valence-electron chi connectivity index (χ1n) is 7.21. The second-order valence-electron chi connectivity index (χ2n) is 5.06. The summed E-state index contributed by atoms with van der Waals surface area (Å²) in [6.07, 6.45) is 1.86. The SMILES string of the molecule is CC.Cc1nc2n(n1)-c1ccnc(C(C)C)c1N(C)C2. The average molecular weight is 273 g/mol. The lowest BCUT2D eigenvalue weighted by Gasteiger charge is -2.29. The molecule has 3 rings (SSSR count). The molecule has 0 radical (unpaired) electrons. The monoisotopic (exact) mass is 273 g/mol. The molecule has 0 N–H and O–H groups in total. The van der Waals surface area contributed by atoms with Gasteiger partial charge in [0.15, 0.2) is 5.82 Å². The van der Waals surface area contributed by atoms with Gasteiger partial charge in [0.2, 0.25) is 0 Å². The maximum atomic E-state index is 4.52. The van der Waals surface area contributed by atoms with Crippen LogP contribution in [-0.4, -0.2) is 26.8 Å². The Morgan fingerprint density at radius 3 is 2.60 bits per heavy atom. The molecule has 0 bridgehead atoms. The van der Waals surface area contributed by atoms with Gasteiger partial charge in [-0.3, -0.25) is 4.98 Å². The summed E-state index contributed by atoms with van der Waals surface area (Å²) in [4.78, 5) is 11.2. The Bertz CT molecular complexity index is 600. The molecule has 1 aliphatic heterocycles. The second-order valence-corrected chi connectivity index (χ2v) is 5.06. The predicted octanol–water partition coefficient (Wildman–Crippen LogP) is 3.07. The van der Waals surface area contributed by atoms with Gasteiger partial charge in [-0.2, -0.15) is 5.10 Å². The Morgan fingerprint density at radius 2 is 1.95 bits per heavy atom. The quantitative estimate of drug-likeness (QED) is 0.801. The van der Waals surface area contributed by atoms with E-state index in [2.05, 4.69) is 40.9 Å². The molecule has 1 aliphatic rings. The number of rotatable bonds is 1. The fourth-order valence-corrected chi connectivity index (χ4v) is 2.49. The lowest BCUT2D eigenvalue weighted by atomic mass is 10.1. The fourth-order valence-electron chi connectivity index (χ4n) is 2.49. The third kappa shape index (κ3) is 2.28. The number of fused-ring (bicyclic) bond motifs is 3. The Labute approximate surface area is 120 Å². The third-order valence-electron chi connectivity index (χ3n) is 3.25. The van der Waals surface area contributed by atoms with E-state index in [9.17, 15) is 0 Å². The number of hydrogen-bond acceptors (Lipinski definition) is 4. The molecule has 0 atom stereocenters. The summed E-state index contributed by atoms with van der Waals surface area (Å²) < 4.78 is 1.94. The van der Waals surface area contributed by atoms with Gasteiger partial charge in [-0.25, -0.2) is 9.67 Å². The Kier molecular flexibility index (Phi) is 4.06. The number of aryl methyl sites for hydroxylation is 1. The molecule has 5 nitrogen and oxygen atoms in total. The van der Waals surface area contributed by atoms with Crippen LogP contribution in [0.1, 0.15) is 51.0 Å². The van der Waals surface area contributed by atoms with E-state index in [0.29, 0.717) is 5.92 Å². The van der Waals surface area contributed by atoms with Crippen LogP contribution in [0.5, 0.6) is 0 Å². The topological polar surface area (TPSA) is 46.8 Å². The molecule has 0 fully saturated rings. The molecule has 0 aromatic carbocycles. The van der Waals surface area contributed by atoms with Crippen LogP contribution in [0.4, 0.5) is 5.69 Å². The summed E-state index contributed by atoms with van der Waals surface area (Å²) in [6, 6.07) is 2.01. The first-order valence-corrected chi connectivity index (χ1v) is 7.21. The summed E-state index contributed by atoms with van der Waals surface area (Å²) in [6.45, 7) is 11.0. The van der Waals surface area contributed by atoms with E-state index >= 15 is 0 Å². The molecule has 108 valence electrons. The van der Waals surface area contributed by atoms with Crippen LogP contribution in [0.2, 0.25) is 0 Å². The number of aromatic nitrogens is 4. The van der Waals surface area contributed by atoms with Gasteiger partial charge in [0, 0.05) is 13.2 Å². The van der Waals surface area contributed by atoms with Gasteiger partial charge in [-0.1, -0.05) is 27.7 Å². The van der Waals surface area contributed by atoms with E-state index in [1.54, 1.807) is 0 Å². The first-order chi connectivity index (χ1) is 9.58. The van der Waals surface area contributed by atoms with Crippen molar-refractivity contribution in [1.82, 2.24) is 19.7 Å². The predicted molar refractivity (Wildman–Crippen MR) is 81.4 cm³/mol. The molecule has 0 saturated carbocycles. The zero-order valence-corrected chi connectivity index (χ0v) is 13.2. The Hall–Kier alpha value is -1.91.